The molecule has 0 bridgehead atoms. The molecule has 0 atom stereocenters. The molecule has 0 saturated carbocycles. The van der Waals surface area contributed by atoms with Crippen LogP contribution < -0.4 is 0 Å². The fourth-order valence-corrected chi connectivity index (χ4v) is 3.85. The van der Waals surface area contributed by atoms with E-state index in [-0.39, 0.29) is 4.90 Å². The van der Waals surface area contributed by atoms with Crippen molar-refractivity contribution < 1.29 is 13.5 Å². The predicted octanol–water partition coefficient (Wildman–Crippen LogP) is 2.35. The zero-order valence-corrected chi connectivity index (χ0v) is 11.3. The molecule has 1 aromatic rings. The number of hydrogen-bond donors (Lipinski definition) is 1. The fraction of sp³-hybridized carbons (Fsp3) is 0.273. The highest BCUT2D eigenvalue weighted by molar-refractivity contribution is 9.10. The molecule has 1 aliphatic rings. The Morgan fingerprint density at radius 3 is 2.50 bits per heavy atom. The molecule has 0 unspecified atom stereocenters. The Balaban J connectivity index is 2.75. The monoisotopic (exact) mass is 302 g/mol. The Kier molecular flexibility index (Phi) is 2.53. The molecule has 0 aliphatic carbocycles. The number of sulfone groups is 1. The number of rotatable bonds is 1. The van der Waals surface area contributed by atoms with Crippen LogP contribution >= 0.6 is 15.9 Å². The van der Waals surface area contributed by atoms with Gasteiger partial charge in [0.25, 0.3) is 0 Å². The Morgan fingerprint density at radius 2 is 1.94 bits per heavy atom. The average Bonchev–Trinajstić information content (AvgIpc) is 2.38. The minimum Gasteiger partial charge on any atom is -0.386 e. The van der Waals surface area contributed by atoms with Gasteiger partial charge in [-0.25, -0.2) is 8.42 Å². The van der Waals surface area contributed by atoms with Gasteiger partial charge in [-0.15, -0.1) is 0 Å². The number of aliphatic hydroxyl groups is 1. The lowest BCUT2D eigenvalue weighted by molar-refractivity contribution is 0.144. The van der Waals surface area contributed by atoms with E-state index in [2.05, 4.69) is 15.9 Å². The molecule has 0 saturated heterocycles. The molecule has 0 fully saturated rings. The van der Waals surface area contributed by atoms with Crippen molar-refractivity contribution in [2.75, 3.05) is 0 Å². The van der Waals surface area contributed by atoms with E-state index in [0.717, 1.165) is 5.41 Å². The Morgan fingerprint density at radius 1 is 1.31 bits per heavy atom. The molecule has 0 spiro atoms. The van der Waals surface area contributed by atoms with Crippen molar-refractivity contribution in [3.63, 3.8) is 0 Å². The fourth-order valence-electron chi connectivity index (χ4n) is 1.71. The molecular formula is C11H11BrO3S. The topological polar surface area (TPSA) is 54.4 Å². The smallest absolute Gasteiger partial charge is 0.200 e. The van der Waals surface area contributed by atoms with Crippen molar-refractivity contribution in [1.29, 1.82) is 0 Å². The van der Waals surface area contributed by atoms with E-state index >= 15 is 0 Å². The zero-order valence-electron chi connectivity index (χ0n) is 8.86. The van der Waals surface area contributed by atoms with Gasteiger partial charge in [0.2, 0.25) is 9.84 Å². The molecule has 3 nitrogen and oxygen atoms in total. The van der Waals surface area contributed by atoms with Crippen LogP contribution in [0.25, 0.3) is 5.57 Å². The first-order valence-electron chi connectivity index (χ1n) is 4.71. The molecule has 5 heteroatoms. The van der Waals surface area contributed by atoms with Crippen molar-refractivity contribution >= 4 is 31.3 Å². The van der Waals surface area contributed by atoms with Crippen LogP contribution in [0.4, 0.5) is 0 Å². The molecule has 1 aromatic carbocycles. The highest BCUT2D eigenvalue weighted by Gasteiger charge is 2.34. The second-order valence-corrected chi connectivity index (χ2v) is 6.96. The first kappa shape index (κ1) is 11.8. The molecule has 1 heterocycles. The summed E-state index contributed by atoms with van der Waals surface area (Å²) in [5.41, 5.74) is -0.141. The Hall–Kier alpha value is -0.650. The third-order valence-corrected chi connectivity index (χ3v) is 4.46. The van der Waals surface area contributed by atoms with Gasteiger partial charge in [0.1, 0.15) is 0 Å². The molecular weight excluding hydrogens is 292 g/mol. The van der Waals surface area contributed by atoms with Crippen LogP contribution in [0.15, 0.2) is 33.0 Å². The molecule has 1 N–H and O–H groups in total. The van der Waals surface area contributed by atoms with Gasteiger partial charge in [0.15, 0.2) is 0 Å². The maximum absolute atomic E-state index is 11.9. The van der Waals surface area contributed by atoms with Crippen LogP contribution in [0.3, 0.4) is 0 Å². The lowest BCUT2D eigenvalue weighted by Crippen LogP contribution is -2.19. The first-order valence-corrected chi connectivity index (χ1v) is 7.05. The van der Waals surface area contributed by atoms with Crippen LogP contribution in [0.5, 0.6) is 0 Å². The molecule has 16 heavy (non-hydrogen) atoms. The van der Waals surface area contributed by atoms with Crippen LogP contribution in [0.1, 0.15) is 19.4 Å². The van der Waals surface area contributed by atoms with Gasteiger partial charge in [-0.1, -0.05) is 22.0 Å². The molecule has 0 radical (unpaired) electrons. The van der Waals surface area contributed by atoms with E-state index < -0.39 is 15.4 Å². The molecule has 2 rings (SSSR count). The largest absolute Gasteiger partial charge is 0.386 e. The summed E-state index contributed by atoms with van der Waals surface area (Å²) in [5.74, 6) is 0. The number of benzene rings is 1. The highest BCUT2D eigenvalue weighted by Crippen LogP contribution is 2.40. The maximum atomic E-state index is 11.9. The van der Waals surface area contributed by atoms with Gasteiger partial charge in [-0.2, -0.15) is 0 Å². The summed E-state index contributed by atoms with van der Waals surface area (Å²) in [6.45, 7) is 3.15. The van der Waals surface area contributed by atoms with E-state index in [1.54, 1.807) is 32.0 Å². The van der Waals surface area contributed by atoms with E-state index in [1.807, 2.05) is 0 Å². The van der Waals surface area contributed by atoms with Crippen LogP contribution in [0, 0.1) is 0 Å². The van der Waals surface area contributed by atoms with Crippen LogP contribution in [-0.4, -0.2) is 19.1 Å². The van der Waals surface area contributed by atoms with E-state index in [9.17, 15) is 13.5 Å². The normalized spacial score (nSPS) is 18.1. The van der Waals surface area contributed by atoms with Gasteiger partial charge in [0.05, 0.1) is 10.5 Å². The van der Waals surface area contributed by atoms with Crippen molar-refractivity contribution in [2.24, 2.45) is 0 Å². The van der Waals surface area contributed by atoms with Gasteiger partial charge in [-0.05, 0) is 26.0 Å². The van der Waals surface area contributed by atoms with Gasteiger partial charge >= 0.3 is 0 Å². The summed E-state index contributed by atoms with van der Waals surface area (Å²) >= 11 is 3.24. The third-order valence-electron chi connectivity index (χ3n) is 2.47. The SMILES string of the molecule is CC(C)(O)C1=CS(=O)(=O)c2cc(Br)ccc21. The van der Waals surface area contributed by atoms with Gasteiger partial charge in [-0.3, -0.25) is 0 Å². The number of halogens is 1. The van der Waals surface area contributed by atoms with Crippen molar-refractivity contribution in [3.05, 3.63) is 33.6 Å². The summed E-state index contributed by atoms with van der Waals surface area (Å²) in [7, 11) is -3.41. The highest BCUT2D eigenvalue weighted by atomic mass is 79.9. The molecule has 0 aromatic heterocycles. The number of fused-ring (bicyclic) bond motifs is 1. The maximum Gasteiger partial charge on any atom is 0.200 e. The van der Waals surface area contributed by atoms with Crippen LogP contribution in [0.2, 0.25) is 0 Å². The van der Waals surface area contributed by atoms with Gasteiger partial charge in [0, 0.05) is 21.0 Å². The number of hydrogen-bond acceptors (Lipinski definition) is 3. The van der Waals surface area contributed by atoms with Crippen molar-refractivity contribution in [3.8, 4) is 0 Å². The van der Waals surface area contributed by atoms with E-state index in [1.165, 1.54) is 0 Å². The third kappa shape index (κ3) is 1.83. The zero-order chi connectivity index (χ0) is 12.1. The Labute approximate surface area is 103 Å². The van der Waals surface area contributed by atoms with E-state index in [4.69, 9.17) is 0 Å². The quantitative estimate of drug-likeness (QED) is 0.866. The van der Waals surface area contributed by atoms with Crippen LogP contribution in [-0.2, 0) is 9.84 Å². The minimum atomic E-state index is -3.41. The predicted molar refractivity (Wildman–Crippen MR) is 65.6 cm³/mol. The first-order chi connectivity index (χ1) is 7.22. The average molecular weight is 303 g/mol. The van der Waals surface area contributed by atoms with Crippen molar-refractivity contribution in [1.82, 2.24) is 0 Å². The summed E-state index contributed by atoms with van der Waals surface area (Å²) in [5, 5.41) is 11.1. The lowest BCUT2D eigenvalue weighted by atomic mass is 9.93. The van der Waals surface area contributed by atoms with E-state index in [0.29, 0.717) is 15.6 Å². The molecule has 0 amide bonds. The lowest BCUT2D eigenvalue weighted by Gasteiger charge is -2.19. The molecule has 1 aliphatic heterocycles. The summed E-state index contributed by atoms with van der Waals surface area (Å²) in [6, 6.07) is 5.02. The molecule has 86 valence electrons. The van der Waals surface area contributed by atoms with Crippen molar-refractivity contribution in [2.45, 2.75) is 24.3 Å². The minimum absolute atomic E-state index is 0.249. The second-order valence-electron chi connectivity index (χ2n) is 4.28. The second kappa shape index (κ2) is 3.42. The summed E-state index contributed by atoms with van der Waals surface area (Å²) < 4.78 is 24.4. The summed E-state index contributed by atoms with van der Waals surface area (Å²) in [6.07, 6.45) is 0. The Bertz CT molecular complexity index is 580. The summed E-state index contributed by atoms with van der Waals surface area (Å²) in [4.78, 5) is 0.249. The standard InChI is InChI=1S/C11H11BrO3S/c1-11(2,13)9-6-16(14,15)10-5-7(12)3-4-8(9)10/h3-6,13H,1-2H3. The van der Waals surface area contributed by atoms with Gasteiger partial charge < -0.3 is 5.11 Å².